The van der Waals surface area contributed by atoms with Gasteiger partial charge in [-0.25, -0.2) is 0 Å². The molecule has 1 aliphatic carbocycles. The van der Waals surface area contributed by atoms with Gasteiger partial charge in [0.1, 0.15) is 5.76 Å². The molecule has 0 atom stereocenters. The van der Waals surface area contributed by atoms with Gasteiger partial charge in [-0.3, -0.25) is 4.79 Å². The second-order valence-corrected chi connectivity index (χ2v) is 6.47. The van der Waals surface area contributed by atoms with Crippen LogP contribution < -0.4 is 0 Å². The summed E-state index contributed by atoms with van der Waals surface area (Å²) >= 11 is 1.47. The molecular formula is C11H18O2S. The van der Waals surface area contributed by atoms with E-state index in [2.05, 4.69) is 0 Å². The summed E-state index contributed by atoms with van der Waals surface area (Å²) in [6.45, 7) is 8.08. The molecule has 0 unspecified atom stereocenters. The van der Waals surface area contributed by atoms with Gasteiger partial charge in [0.05, 0.1) is 4.91 Å². The highest BCUT2D eigenvalue weighted by Gasteiger charge is 2.33. The molecule has 1 aliphatic rings. The summed E-state index contributed by atoms with van der Waals surface area (Å²) in [5, 5.41) is 10.1. The highest BCUT2D eigenvalue weighted by molar-refractivity contribution is 8.04. The zero-order valence-electron chi connectivity index (χ0n) is 9.26. The van der Waals surface area contributed by atoms with E-state index >= 15 is 0 Å². The van der Waals surface area contributed by atoms with Crippen LogP contribution in [0.2, 0.25) is 0 Å². The summed E-state index contributed by atoms with van der Waals surface area (Å²) in [4.78, 5) is 12.3. The number of aliphatic hydroxyl groups is 1. The summed E-state index contributed by atoms with van der Waals surface area (Å²) in [7, 11) is 0. The van der Waals surface area contributed by atoms with Crippen LogP contribution in [0.15, 0.2) is 10.7 Å². The standard InChI is InChI=1S/C11H18O2S/c1-7(2)14-10-8(12)5-11(3,4)6-9(10)13/h7,12H,5-6H2,1-4H3. The van der Waals surface area contributed by atoms with Crippen molar-refractivity contribution in [1.82, 2.24) is 0 Å². The van der Waals surface area contributed by atoms with Gasteiger partial charge in [0.15, 0.2) is 5.78 Å². The fourth-order valence-corrected chi connectivity index (χ4v) is 2.52. The van der Waals surface area contributed by atoms with E-state index in [-0.39, 0.29) is 17.0 Å². The van der Waals surface area contributed by atoms with Gasteiger partial charge in [-0.1, -0.05) is 27.7 Å². The fourth-order valence-electron chi connectivity index (χ4n) is 1.64. The molecule has 80 valence electrons. The predicted molar refractivity (Wildman–Crippen MR) is 60.4 cm³/mol. The number of Topliss-reactive ketones (excluding diaryl/α,β-unsaturated/α-hetero) is 1. The van der Waals surface area contributed by atoms with Crippen molar-refractivity contribution in [1.29, 1.82) is 0 Å². The first kappa shape index (κ1) is 11.6. The van der Waals surface area contributed by atoms with Crippen molar-refractivity contribution >= 4 is 17.5 Å². The Hall–Kier alpha value is -0.440. The molecule has 1 rings (SSSR count). The Labute approximate surface area is 89.8 Å². The van der Waals surface area contributed by atoms with E-state index in [9.17, 15) is 9.90 Å². The van der Waals surface area contributed by atoms with Crippen molar-refractivity contribution < 1.29 is 9.90 Å². The van der Waals surface area contributed by atoms with E-state index in [1.807, 2.05) is 27.7 Å². The zero-order valence-corrected chi connectivity index (χ0v) is 10.1. The third-order valence-electron chi connectivity index (χ3n) is 2.15. The number of carbonyl (C=O) groups is 1. The molecule has 0 saturated heterocycles. The van der Waals surface area contributed by atoms with E-state index in [0.717, 1.165) is 0 Å². The van der Waals surface area contributed by atoms with Crippen molar-refractivity contribution in [3.63, 3.8) is 0 Å². The van der Waals surface area contributed by atoms with Crippen LogP contribution in [0.3, 0.4) is 0 Å². The van der Waals surface area contributed by atoms with Gasteiger partial charge in [0.25, 0.3) is 0 Å². The molecule has 0 aromatic rings. The second-order valence-electron chi connectivity index (χ2n) is 4.88. The highest BCUT2D eigenvalue weighted by Crippen LogP contribution is 2.40. The number of thioether (sulfide) groups is 1. The van der Waals surface area contributed by atoms with Crippen LogP contribution in [0.1, 0.15) is 40.5 Å². The fraction of sp³-hybridized carbons (Fsp3) is 0.727. The topological polar surface area (TPSA) is 37.3 Å². The molecule has 0 aromatic heterocycles. The maximum atomic E-state index is 11.7. The Kier molecular flexibility index (Phi) is 3.30. The number of aliphatic hydroxyl groups excluding tert-OH is 1. The maximum absolute atomic E-state index is 11.7. The molecule has 2 nitrogen and oxygen atoms in total. The minimum atomic E-state index is -0.0811. The number of rotatable bonds is 2. The van der Waals surface area contributed by atoms with E-state index in [4.69, 9.17) is 0 Å². The first-order valence-electron chi connectivity index (χ1n) is 4.94. The average Bonchev–Trinajstić information content (AvgIpc) is 1.94. The Morgan fingerprint density at radius 2 is 1.93 bits per heavy atom. The van der Waals surface area contributed by atoms with E-state index < -0.39 is 0 Å². The van der Waals surface area contributed by atoms with Gasteiger partial charge in [-0.05, 0) is 5.41 Å². The lowest BCUT2D eigenvalue weighted by Gasteiger charge is -2.29. The molecule has 14 heavy (non-hydrogen) atoms. The lowest BCUT2D eigenvalue weighted by atomic mass is 9.79. The monoisotopic (exact) mass is 214 g/mol. The minimum absolute atomic E-state index is 0.0811. The van der Waals surface area contributed by atoms with Crippen molar-refractivity contribution in [2.75, 3.05) is 0 Å². The van der Waals surface area contributed by atoms with Gasteiger partial charge in [0, 0.05) is 18.1 Å². The summed E-state index contributed by atoms with van der Waals surface area (Å²) in [5.41, 5.74) is -0.0811. The second kappa shape index (κ2) is 3.97. The Morgan fingerprint density at radius 1 is 1.36 bits per heavy atom. The first-order valence-corrected chi connectivity index (χ1v) is 5.82. The van der Waals surface area contributed by atoms with Gasteiger partial charge >= 0.3 is 0 Å². The summed E-state index contributed by atoms with van der Waals surface area (Å²) < 4.78 is 0. The van der Waals surface area contributed by atoms with Crippen LogP contribution in [0, 0.1) is 5.41 Å². The predicted octanol–water partition coefficient (Wildman–Crippen LogP) is 3.29. The number of allylic oxidation sites excluding steroid dienone is 2. The average molecular weight is 214 g/mol. The third kappa shape index (κ3) is 2.77. The van der Waals surface area contributed by atoms with E-state index in [0.29, 0.717) is 23.0 Å². The number of carbonyl (C=O) groups excluding carboxylic acids is 1. The smallest absolute Gasteiger partial charge is 0.173 e. The van der Waals surface area contributed by atoms with Crippen molar-refractivity contribution in [2.24, 2.45) is 5.41 Å². The van der Waals surface area contributed by atoms with Crippen LogP contribution in [-0.2, 0) is 4.79 Å². The maximum Gasteiger partial charge on any atom is 0.173 e. The zero-order chi connectivity index (χ0) is 10.9. The molecular weight excluding hydrogens is 196 g/mol. The number of hydrogen-bond acceptors (Lipinski definition) is 3. The summed E-state index contributed by atoms with van der Waals surface area (Å²) in [6, 6.07) is 0. The lowest BCUT2D eigenvalue weighted by molar-refractivity contribution is -0.117. The van der Waals surface area contributed by atoms with Crippen molar-refractivity contribution in [3.05, 3.63) is 10.7 Å². The molecule has 0 radical (unpaired) electrons. The summed E-state index contributed by atoms with van der Waals surface area (Å²) in [6.07, 6.45) is 1.17. The molecule has 0 aliphatic heterocycles. The third-order valence-corrected chi connectivity index (χ3v) is 3.32. The highest BCUT2D eigenvalue weighted by atomic mass is 32.2. The van der Waals surface area contributed by atoms with Crippen molar-refractivity contribution in [2.45, 2.75) is 45.8 Å². The molecule has 0 fully saturated rings. The van der Waals surface area contributed by atoms with Crippen molar-refractivity contribution in [3.8, 4) is 0 Å². The normalized spacial score (nSPS) is 21.9. The van der Waals surface area contributed by atoms with Crippen LogP contribution in [0.4, 0.5) is 0 Å². The molecule has 0 heterocycles. The van der Waals surface area contributed by atoms with Gasteiger partial charge < -0.3 is 5.11 Å². The quantitative estimate of drug-likeness (QED) is 0.766. The molecule has 0 aromatic carbocycles. The number of hydrogen-bond donors (Lipinski definition) is 1. The van der Waals surface area contributed by atoms with Gasteiger partial charge in [-0.15, -0.1) is 11.8 Å². The van der Waals surface area contributed by atoms with Crippen LogP contribution in [-0.4, -0.2) is 16.1 Å². The van der Waals surface area contributed by atoms with Crippen LogP contribution in [0.25, 0.3) is 0 Å². The largest absolute Gasteiger partial charge is 0.511 e. The molecule has 0 bridgehead atoms. The molecule has 0 amide bonds. The van der Waals surface area contributed by atoms with Gasteiger partial charge in [0.2, 0.25) is 0 Å². The number of ketones is 1. The van der Waals surface area contributed by atoms with E-state index in [1.54, 1.807) is 0 Å². The molecule has 0 saturated carbocycles. The lowest BCUT2D eigenvalue weighted by Crippen LogP contribution is -2.25. The van der Waals surface area contributed by atoms with Crippen LogP contribution in [0.5, 0.6) is 0 Å². The SMILES string of the molecule is CC(C)SC1=C(O)CC(C)(C)CC1=O. The van der Waals surface area contributed by atoms with Crippen LogP contribution >= 0.6 is 11.8 Å². The Bertz CT molecular complexity index is 277. The minimum Gasteiger partial charge on any atom is -0.511 e. The Morgan fingerprint density at radius 3 is 2.36 bits per heavy atom. The molecule has 1 N–H and O–H groups in total. The van der Waals surface area contributed by atoms with Gasteiger partial charge in [-0.2, -0.15) is 0 Å². The first-order chi connectivity index (χ1) is 6.32. The van der Waals surface area contributed by atoms with E-state index in [1.165, 1.54) is 11.8 Å². The Balaban J connectivity index is 2.88. The molecule has 0 spiro atoms. The summed E-state index contributed by atoms with van der Waals surface area (Å²) in [5.74, 6) is 0.377. The molecule has 3 heteroatoms.